The number of carbonyl (C=O) groups excluding carboxylic acids is 1. The lowest BCUT2D eigenvalue weighted by Crippen LogP contribution is -2.61. The summed E-state index contributed by atoms with van der Waals surface area (Å²) < 4.78 is 60.6. The van der Waals surface area contributed by atoms with Crippen molar-refractivity contribution in [2.45, 2.75) is 38.6 Å². The first kappa shape index (κ1) is 24.2. The van der Waals surface area contributed by atoms with Crippen LogP contribution >= 0.6 is 23.2 Å². The summed E-state index contributed by atoms with van der Waals surface area (Å²) in [6.07, 6.45) is -4.43. The molecule has 7 nitrogen and oxygen atoms in total. The fourth-order valence-electron chi connectivity index (χ4n) is 3.08. The largest absolute Gasteiger partial charge is 0.444 e. The number of amides is 1. The molecule has 0 spiro atoms. The molecular weight excluding hydrogens is 477 g/mol. The van der Waals surface area contributed by atoms with Crippen molar-refractivity contribution >= 4 is 35.1 Å². The second kappa shape index (κ2) is 8.86. The van der Waals surface area contributed by atoms with E-state index in [0.29, 0.717) is 0 Å². The first-order valence-electron chi connectivity index (χ1n) is 9.42. The van der Waals surface area contributed by atoms with Crippen LogP contribution in [0.2, 0.25) is 10.2 Å². The quantitative estimate of drug-likeness (QED) is 0.332. The maximum absolute atomic E-state index is 14.0. The Hall–Kier alpha value is -2.40. The molecule has 3 rings (SSSR count). The summed E-state index contributed by atoms with van der Waals surface area (Å²) in [5.74, 6) is -1.21. The number of hydrogen-bond donors (Lipinski definition) is 0. The molecule has 1 fully saturated rings. The first-order chi connectivity index (χ1) is 14.8. The van der Waals surface area contributed by atoms with Gasteiger partial charge in [0.1, 0.15) is 16.7 Å². The molecule has 0 radical (unpaired) electrons. The van der Waals surface area contributed by atoms with Gasteiger partial charge >= 0.3 is 12.3 Å². The number of nitrogens with zero attached hydrogens (tertiary/aromatic N) is 5. The van der Waals surface area contributed by atoms with Crippen molar-refractivity contribution in [3.8, 4) is 11.4 Å². The molecule has 13 heteroatoms. The fourth-order valence-corrected chi connectivity index (χ4v) is 3.44. The number of carbonyl (C=O) groups is 1. The minimum Gasteiger partial charge on any atom is -0.444 e. The third-order valence-electron chi connectivity index (χ3n) is 4.46. The van der Waals surface area contributed by atoms with Gasteiger partial charge in [0.05, 0.1) is 6.54 Å². The van der Waals surface area contributed by atoms with E-state index >= 15 is 0 Å². The standard InChI is InChI=1S/C19H19Cl2F4N5O2/c1-18(2,3)32-17(31)29-6-7-30(11(9-29)19(23,24)25)16-13(20)14(21)27-15(28-16)10-4-5-26-12(22)8-10/h4-5,8,11H,6-7,9H2,1-3H3. The van der Waals surface area contributed by atoms with Crippen molar-refractivity contribution in [2.75, 3.05) is 24.5 Å². The number of aromatic nitrogens is 3. The predicted octanol–water partition coefficient (Wildman–Crippen LogP) is 4.97. The molecule has 1 aliphatic rings. The van der Waals surface area contributed by atoms with Gasteiger partial charge in [-0.2, -0.15) is 17.6 Å². The lowest BCUT2D eigenvalue weighted by Gasteiger charge is -2.43. The van der Waals surface area contributed by atoms with Crippen LogP contribution in [0.3, 0.4) is 0 Å². The third kappa shape index (κ3) is 5.50. The molecule has 1 unspecified atom stereocenters. The lowest BCUT2D eigenvalue weighted by atomic mass is 10.1. The van der Waals surface area contributed by atoms with Crippen LogP contribution in [0.1, 0.15) is 20.8 Å². The molecule has 0 aliphatic carbocycles. The van der Waals surface area contributed by atoms with Gasteiger partial charge in [0.15, 0.2) is 16.8 Å². The van der Waals surface area contributed by atoms with Crippen LogP contribution in [-0.2, 0) is 4.74 Å². The molecule has 1 amide bonds. The van der Waals surface area contributed by atoms with Gasteiger partial charge in [-0.15, -0.1) is 0 Å². The Morgan fingerprint density at radius 1 is 1.19 bits per heavy atom. The van der Waals surface area contributed by atoms with Crippen molar-refractivity contribution in [3.05, 3.63) is 34.5 Å². The van der Waals surface area contributed by atoms with Gasteiger partial charge in [0.2, 0.25) is 5.95 Å². The molecule has 1 saturated heterocycles. The highest BCUT2D eigenvalue weighted by molar-refractivity contribution is 6.42. The monoisotopic (exact) mass is 495 g/mol. The molecule has 3 heterocycles. The second-order valence-electron chi connectivity index (χ2n) is 8.02. The van der Waals surface area contributed by atoms with E-state index < -0.39 is 36.4 Å². The van der Waals surface area contributed by atoms with Crippen molar-refractivity contribution in [1.82, 2.24) is 19.9 Å². The van der Waals surface area contributed by atoms with E-state index in [0.717, 1.165) is 22.1 Å². The molecular formula is C19H19Cl2F4N5O2. The molecule has 0 saturated carbocycles. The zero-order valence-electron chi connectivity index (χ0n) is 17.3. The maximum atomic E-state index is 14.0. The van der Waals surface area contributed by atoms with Gasteiger partial charge in [-0.3, -0.25) is 0 Å². The van der Waals surface area contributed by atoms with Crippen LogP contribution < -0.4 is 4.90 Å². The number of halogens is 6. The van der Waals surface area contributed by atoms with Gasteiger partial charge in [-0.05, 0) is 26.8 Å². The molecule has 0 N–H and O–H groups in total. The fraction of sp³-hybridized carbons (Fsp3) is 0.474. The molecule has 174 valence electrons. The van der Waals surface area contributed by atoms with Gasteiger partial charge < -0.3 is 14.5 Å². The summed E-state index contributed by atoms with van der Waals surface area (Å²) in [6, 6.07) is 0.272. The zero-order chi connectivity index (χ0) is 23.8. The predicted molar refractivity (Wildman–Crippen MR) is 110 cm³/mol. The molecule has 0 bridgehead atoms. The van der Waals surface area contributed by atoms with Crippen LogP contribution in [0.25, 0.3) is 11.4 Å². The minimum atomic E-state index is -4.73. The summed E-state index contributed by atoms with van der Waals surface area (Å²) in [6.45, 7) is 3.84. The topological polar surface area (TPSA) is 71.5 Å². The highest BCUT2D eigenvalue weighted by atomic mass is 35.5. The molecule has 2 aromatic rings. The van der Waals surface area contributed by atoms with E-state index in [1.807, 2.05) is 0 Å². The highest BCUT2D eigenvalue weighted by Gasteiger charge is 2.49. The Morgan fingerprint density at radius 3 is 2.47 bits per heavy atom. The minimum absolute atomic E-state index is 0.0708. The molecule has 2 aromatic heterocycles. The number of pyridine rings is 1. The Kier molecular flexibility index (Phi) is 6.71. The third-order valence-corrected chi connectivity index (χ3v) is 5.18. The summed E-state index contributed by atoms with van der Waals surface area (Å²) in [5, 5.41) is -0.579. The van der Waals surface area contributed by atoms with Crippen LogP contribution in [0.5, 0.6) is 0 Å². The number of anilines is 1. The van der Waals surface area contributed by atoms with E-state index in [-0.39, 0.29) is 40.5 Å². The Morgan fingerprint density at radius 2 is 1.88 bits per heavy atom. The van der Waals surface area contributed by atoms with Crippen LogP contribution in [0, 0.1) is 5.95 Å². The van der Waals surface area contributed by atoms with Gasteiger partial charge in [-0.25, -0.2) is 19.7 Å². The molecule has 32 heavy (non-hydrogen) atoms. The van der Waals surface area contributed by atoms with E-state index in [2.05, 4.69) is 15.0 Å². The summed E-state index contributed by atoms with van der Waals surface area (Å²) in [4.78, 5) is 25.7. The lowest BCUT2D eigenvalue weighted by molar-refractivity contribution is -0.155. The average Bonchev–Trinajstić information content (AvgIpc) is 2.67. The van der Waals surface area contributed by atoms with Crippen LogP contribution in [0.4, 0.5) is 28.2 Å². The summed E-state index contributed by atoms with van der Waals surface area (Å²) >= 11 is 12.2. The van der Waals surface area contributed by atoms with Crippen LogP contribution in [0.15, 0.2) is 18.3 Å². The van der Waals surface area contributed by atoms with E-state index in [4.69, 9.17) is 27.9 Å². The second-order valence-corrected chi connectivity index (χ2v) is 8.76. The Balaban J connectivity index is 1.98. The SMILES string of the molecule is CC(C)(C)OC(=O)N1CCN(c2nc(-c3ccnc(F)c3)nc(Cl)c2Cl)C(C(F)(F)F)C1. The van der Waals surface area contributed by atoms with Crippen molar-refractivity contribution in [1.29, 1.82) is 0 Å². The van der Waals surface area contributed by atoms with Gasteiger partial charge in [0, 0.05) is 30.9 Å². The summed E-state index contributed by atoms with van der Waals surface area (Å²) in [5.41, 5.74) is -0.701. The van der Waals surface area contributed by atoms with Crippen molar-refractivity contribution in [3.63, 3.8) is 0 Å². The highest BCUT2D eigenvalue weighted by Crippen LogP contribution is 2.38. The van der Waals surface area contributed by atoms with E-state index in [1.165, 1.54) is 6.07 Å². The van der Waals surface area contributed by atoms with Crippen molar-refractivity contribution in [2.24, 2.45) is 0 Å². The van der Waals surface area contributed by atoms with Gasteiger partial charge in [-0.1, -0.05) is 23.2 Å². The molecule has 1 aliphatic heterocycles. The van der Waals surface area contributed by atoms with Gasteiger partial charge in [0.25, 0.3) is 0 Å². The van der Waals surface area contributed by atoms with Crippen LogP contribution in [-0.4, -0.2) is 63.4 Å². The molecule has 0 aromatic carbocycles. The smallest absolute Gasteiger partial charge is 0.410 e. The Bertz CT molecular complexity index is 1020. The zero-order valence-corrected chi connectivity index (χ0v) is 18.8. The molecule has 1 atom stereocenters. The van der Waals surface area contributed by atoms with Crippen molar-refractivity contribution < 1.29 is 27.1 Å². The average molecular weight is 496 g/mol. The normalized spacial score (nSPS) is 17.5. The number of rotatable bonds is 2. The Labute approximate surface area is 191 Å². The van der Waals surface area contributed by atoms with E-state index in [1.54, 1.807) is 20.8 Å². The number of piperazine rings is 1. The number of hydrogen-bond acceptors (Lipinski definition) is 6. The maximum Gasteiger partial charge on any atom is 0.410 e. The number of ether oxygens (including phenoxy) is 1. The first-order valence-corrected chi connectivity index (χ1v) is 10.2. The van der Waals surface area contributed by atoms with E-state index in [9.17, 15) is 22.4 Å². The number of alkyl halides is 3. The summed E-state index contributed by atoms with van der Waals surface area (Å²) in [7, 11) is 0.